The Morgan fingerprint density at radius 3 is 2.32 bits per heavy atom. The summed E-state index contributed by atoms with van der Waals surface area (Å²) in [6.45, 7) is 4.16. The average molecular weight is 290 g/mol. The predicted molar refractivity (Wildman–Crippen MR) is 89.8 cm³/mol. The minimum absolute atomic E-state index is 0.230. The van der Waals surface area contributed by atoms with E-state index in [1.807, 2.05) is 54.6 Å². The fourth-order valence-corrected chi connectivity index (χ4v) is 2.52. The Hall–Kier alpha value is -2.55. The Morgan fingerprint density at radius 1 is 0.909 bits per heavy atom. The highest BCUT2D eigenvalue weighted by atomic mass is 16.1. The third-order valence-corrected chi connectivity index (χ3v) is 3.52. The van der Waals surface area contributed by atoms with E-state index >= 15 is 0 Å². The number of para-hydroxylation sites is 1. The summed E-state index contributed by atoms with van der Waals surface area (Å²) in [4.78, 5) is 21.3. The van der Waals surface area contributed by atoms with Crippen molar-refractivity contribution in [2.45, 2.75) is 20.3 Å². The van der Waals surface area contributed by atoms with E-state index in [9.17, 15) is 4.79 Å². The van der Waals surface area contributed by atoms with Crippen LogP contribution in [0.15, 0.2) is 59.4 Å². The number of hydrogen-bond acceptors (Lipinski definition) is 3. The monoisotopic (exact) mass is 290 g/mol. The Morgan fingerprint density at radius 2 is 1.59 bits per heavy atom. The van der Waals surface area contributed by atoms with Crippen molar-refractivity contribution < 1.29 is 0 Å². The van der Waals surface area contributed by atoms with Crippen molar-refractivity contribution in [1.82, 2.24) is 9.97 Å². The van der Waals surface area contributed by atoms with E-state index in [-0.39, 0.29) is 5.56 Å². The molecule has 0 aliphatic carbocycles. The molecule has 0 N–H and O–H groups in total. The number of nitrogens with zero attached hydrogens (tertiary/aromatic N) is 2. The van der Waals surface area contributed by atoms with Crippen molar-refractivity contribution in [3.8, 4) is 11.3 Å². The summed E-state index contributed by atoms with van der Waals surface area (Å²) in [5.41, 5.74) is 2.81. The minimum Gasteiger partial charge on any atom is -0.265 e. The lowest BCUT2D eigenvalue weighted by Gasteiger charge is -2.03. The molecule has 0 spiro atoms. The first kappa shape index (κ1) is 14.4. The maximum absolute atomic E-state index is 12.4. The van der Waals surface area contributed by atoms with Crippen molar-refractivity contribution in [2.75, 3.05) is 0 Å². The molecule has 110 valence electrons. The van der Waals surface area contributed by atoms with Gasteiger partial charge in [-0.25, -0.2) is 9.97 Å². The van der Waals surface area contributed by atoms with E-state index in [2.05, 4.69) is 18.8 Å². The Labute approximate surface area is 129 Å². The van der Waals surface area contributed by atoms with Gasteiger partial charge in [-0.05, 0) is 18.4 Å². The molecule has 0 amide bonds. The lowest BCUT2D eigenvalue weighted by molar-refractivity contribution is 0.631. The van der Waals surface area contributed by atoms with E-state index < -0.39 is 0 Å². The van der Waals surface area contributed by atoms with E-state index in [1.54, 1.807) is 0 Å². The van der Waals surface area contributed by atoms with Crippen LogP contribution >= 0.6 is 0 Å². The number of rotatable bonds is 3. The molecule has 3 heteroatoms. The molecule has 0 saturated heterocycles. The van der Waals surface area contributed by atoms with Gasteiger partial charge < -0.3 is 0 Å². The molecule has 22 heavy (non-hydrogen) atoms. The lowest BCUT2D eigenvalue weighted by atomic mass is 10.1. The van der Waals surface area contributed by atoms with Gasteiger partial charge in [-0.1, -0.05) is 62.4 Å². The average Bonchev–Trinajstić information content (AvgIpc) is 2.65. The summed E-state index contributed by atoms with van der Waals surface area (Å²) in [5, 5.41) is 0.904. The van der Waals surface area contributed by atoms with Gasteiger partial charge in [0.15, 0.2) is 0 Å². The SMILES string of the molecule is CC(C)Cc1nc(-c2ccccc2)c2ccccc2nc1=O. The fraction of sp³-hybridized carbons (Fsp3) is 0.211. The van der Waals surface area contributed by atoms with E-state index in [1.165, 1.54) is 0 Å². The molecule has 0 aliphatic heterocycles. The standard InChI is InChI=1S/C19H18N2O/c1-13(2)12-17-19(22)21-16-11-7-6-10-15(16)18(20-17)14-8-4-3-5-9-14/h3-11,13H,12H2,1-2H3. The van der Waals surface area contributed by atoms with Gasteiger partial charge in [-0.3, -0.25) is 4.79 Å². The van der Waals surface area contributed by atoms with Crippen molar-refractivity contribution in [2.24, 2.45) is 5.92 Å². The molecule has 3 rings (SSSR count). The van der Waals surface area contributed by atoms with Crippen LogP contribution in [0.25, 0.3) is 22.2 Å². The Bertz CT molecular complexity index is 858. The summed E-state index contributed by atoms with van der Waals surface area (Å²) >= 11 is 0. The molecule has 1 heterocycles. The fourth-order valence-electron chi connectivity index (χ4n) is 2.52. The molecule has 3 aromatic rings. The zero-order valence-electron chi connectivity index (χ0n) is 12.8. The normalized spacial score (nSPS) is 11.0. The van der Waals surface area contributed by atoms with Gasteiger partial charge in [0.05, 0.1) is 11.2 Å². The highest BCUT2D eigenvalue weighted by Crippen LogP contribution is 2.24. The quantitative estimate of drug-likeness (QED) is 0.735. The highest BCUT2D eigenvalue weighted by Gasteiger charge is 2.11. The van der Waals surface area contributed by atoms with E-state index in [0.29, 0.717) is 23.5 Å². The van der Waals surface area contributed by atoms with Gasteiger partial charge in [-0.15, -0.1) is 0 Å². The van der Waals surface area contributed by atoms with Crippen LogP contribution in [0.3, 0.4) is 0 Å². The third kappa shape index (κ3) is 2.89. The van der Waals surface area contributed by atoms with Crippen molar-refractivity contribution in [3.63, 3.8) is 0 Å². The molecule has 0 radical (unpaired) electrons. The molecule has 0 fully saturated rings. The number of hydrogen-bond donors (Lipinski definition) is 0. The largest absolute Gasteiger partial charge is 0.291 e. The third-order valence-electron chi connectivity index (χ3n) is 3.52. The molecular formula is C19H18N2O. The topological polar surface area (TPSA) is 42.9 Å². The van der Waals surface area contributed by atoms with Crippen LogP contribution in [0.2, 0.25) is 0 Å². The Balaban J connectivity index is 2.38. The van der Waals surface area contributed by atoms with E-state index in [0.717, 1.165) is 16.6 Å². The van der Waals surface area contributed by atoms with Crippen LogP contribution in [0.1, 0.15) is 19.5 Å². The van der Waals surface area contributed by atoms with Crippen LogP contribution < -0.4 is 5.56 Å². The first-order valence-electron chi connectivity index (χ1n) is 7.50. The van der Waals surface area contributed by atoms with Crippen molar-refractivity contribution in [3.05, 3.63) is 70.6 Å². The number of fused-ring (bicyclic) bond motifs is 1. The second kappa shape index (κ2) is 6.06. The highest BCUT2D eigenvalue weighted by molar-refractivity contribution is 5.91. The molecule has 0 unspecified atom stereocenters. The second-order valence-electron chi connectivity index (χ2n) is 5.81. The number of aromatic nitrogens is 2. The summed E-state index contributed by atoms with van der Waals surface area (Å²) in [5.74, 6) is 0.358. The summed E-state index contributed by atoms with van der Waals surface area (Å²) in [6.07, 6.45) is 0.632. The molecule has 0 saturated carbocycles. The first-order chi connectivity index (χ1) is 10.6. The van der Waals surface area contributed by atoms with E-state index in [4.69, 9.17) is 4.98 Å². The number of benzene rings is 2. The molecule has 3 nitrogen and oxygen atoms in total. The van der Waals surface area contributed by atoms with Gasteiger partial charge in [0.2, 0.25) is 0 Å². The van der Waals surface area contributed by atoms with Crippen molar-refractivity contribution in [1.29, 1.82) is 0 Å². The lowest BCUT2D eigenvalue weighted by Crippen LogP contribution is -2.13. The van der Waals surface area contributed by atoms with Gasteiger partial charge in [0.1, 0.15) is 5.69 Å². The molecular weight excluding hydrogens is 272 g/mol. The van der Waals surface area contributed by atoms with Crippen LogP contribution in [-0.4, -0.2) is 9.97 Å². The minimum atomic E-state index is -0.230. The maximum atomic E-state index is 12.4. The van der Waals surface area contributed by atoms with Gasteiger partial charge >= 0.3 is 0 Å². The zero-order valence-corrected chi connectivity index (χ0v) is 12.8. The second-order valence-corrected chi connectivity index (χ2v) is 5.81. The molecule has 0 bridgehead atoms. The van der Waals surface area contributed by atoms with Crippen LogP contribution in [0.4, 0.5) is 0 Å². The Kier molecular flexibility index (Phi) is 3.96. The predicted octanol–water partition coefficient (Wildman–Crippen LogP) is 3.86. The van der Waals surface area contributed by atoms with Crippen LogP contribution in [0, 0.1) is 5.92 Å². The summed E-state index contributed by atoms with van der Waals surface area (Å²) < 4.78 is 0. The van der Waals surface area contributed by atoms with Gasteiger partial charge in [0, 0.05) is 10.9 Å². The van der Waals surface area contributed by atoms with Gasteiger partial charge in [-0.2, -0.15) is 0 Å². The van der Waals surface area contributed by atoms with Gasteiger partial charge in [0.25, 0.3) is 5.56 Å². The molecule has 2 aromatic carbocycles. The maximum Gasteiger partial charge on any atom is 0.291 e. The first-order valence-corrected chi connectivity index (χ1v) is 7.50. The smallest absolute Gasteiger partial charge is 0.265 e. The zero-order chi connectivity index (χ0) is 15.5. The van der Waals surface area contributed by atoms with Crippen LogP contribution in [0.5, 0.6) is 0 Å². The summed E-state index contributed by atoms with van der Waals surface area (Å²) in [7, 11) is 0. The molecule has 0 aliphatic rings. The molecule has 1 aromatic heterocycles. The van der Waals surface area contributed by atoms with Crippen molar-refractivity contribution >= 4 is 10.9 Å². The summed E-state index contributed by atoms with van der Waals surface area (Å²) in [6, 6.07) is 17.6. The molecule has 0 atom stereocenters. The van der Waals surface area contributed by atoms with Crippen LogP contribution in [-0.2, 0) is 6.42 Å².